The number of nitrogens with one attached hydrogen (secondary N) is 3. The zero-order chi connectivity index (χ0) is 22.6. The predicted molar refractivity (Wildman–Crippen MR) is 131 cm³/mol. The Labute approximate surface area is 204 Å². The topological polar surface area (TPSA) is 84.0 Å². The van der Waals surface area contributed by atoms with Crippen molar-refractivity contribution in [3.63, 3.8) is 0 Å². The highest BCUT2D eigenvalue weighted by Gasteiger charge is 2.12. The first kappa shape index (κ1) is 27.4. The summed E-state index contributed by atoms with van der Waals surface area (Å²) in [6, 6.07) is 11.9. The van der Waals surface area contributed by atoms with Crippen molar-refractivity contribution in [1.82, 2.24) is 16.0 Å². The summed E-state index contributed by atoms with van der Waals surface area (Å²) >= 11 is 0. The first-order valence-corrected chi connectivity index (χ1v) is 9.90. The number of alkyl halides is 2. The number of carbonyl (C=O) groups is 1. The molecular weight excluding hydrogens is 533 g/mol. The zero-order valence-electron chi connectivity index (χ0n) is 18.3. The summed E-state index contributed by atoms with van der Waals surface area (Å²) in [6.45, 7) is 0.310. The molecule has 0 saturated heterocycles. The van der Waals surface area contributed by atoms with E-state index in [1.54, 1.807) is 25.2 Å². The molecule has 0 heterocycles. The van der Waals surface area contributed by atoms with Crippen LogP contribution in [0.2, 0.25) is 0 Å². The van der Waals surface area contributed by atoms with E-state index in [0.29, 0.717) is 35.9 Å². The second kappa shape index (κ2) is 14.4. The lowest BCUT2D eigenvalue weighted by Gasteiger charge is -2.15. The Morgan fingerprint density at radius 3 is 2.50 bits per heavy atom. The zero-order valence-corrected chi connectivity index (χ0v) is 20.6. The Morgan fingerprint density at radius 1 is 1.09 bits per heavy atom. The van der Waals surface area contributed by atoms with E-state index < -0.39 is 6.61 Å². The number of aliphatic imine (C=N–C) groups is 1. The molecule has 0 aliphatic rings. The molecule has 10 heteroatoms. The molecule has 0 bridgehead atoms. The fraction of sp³-hybridized carbons (Fsp3) is 0.364. The van der Waals surface area contributed by atoms with Crippen molar-refractivity contribution in [3.05, 3.63) is 59.2 Å². The molecule has 0 radical (unpaired) electrons. The van der Waals surface area contributed by atoms with Crippen LogP contribution in [0.15, 0.2) is 47.5 Å². The number of methoxy groups -OCH3 is 1. The molecule has 1 amide bonds. The van der Waals surface area contributed by atoms with Crippen molar-refractivity contribution >= 4 is 35.8 Å². The monoisotopic (exact) mass is 562 g/mol. The SMILES string of the molecule is CCCNC(=O)c1cccc(CNC(=NC)NCc2cc(OC)ccc2OC(F)F)c1.I. The number of carbonyl (C=O) groups excluding carboxylic acids is 1. The van der Waals surface area contributed by atoms with Gasteiger partial charge in [-0.3, -0.25) is 9.79 Å². The largest absolute Gasteiger partial charge is 0.497 e. The highest BCUT2D eigenvalue weighted by atomic mass is 127. The molecule has 0 unspecified atom stereocenters. The average molecular weight is 562 g/mol. The van der Waals surface area contributed by atoms with Crippen LogP contribution in [0.4, 0.5) is 8.78 Å². The van der Waals surface area contributed by atoms with Crippen molar-refractivity contribution in [2.75, 3.05) is 20.7 Å². The molecule has 0 spiro atoms. The molecule has 2 aromatic carbocycles. The van der Waals surface area contributed by atoms with E-state index in [2.05, 4.69) is 25.7 Å². The Hall–Kier alpha value is -2.63. The van der Waals surface area contributed by atoms with Crippen LogP contribution in [0.25, 0.3) is 0 Å². The van der Waals surface area contributed by atoms with Gasteiger partial charge in [0.2, 0.25) is 0 Å². The first-order chi connectivity index (χ1) is 15.0. The van der Waals surface area contributed by atoms with Gasteiger partial charge < -0.3 is 25.4 Å². The van der Waals surface area contributed by atoms with Gasteiger partial charge in [-0.2, -0.15) is 8.78 Å². The number of amides is 1. The van der Waals surface area contributed by atoms with E-state index in [4.69, 9.17) is 4.74 Å². The van der Waals surface area contributed by atoms with Gasteiger partial charge in [0.15, 0.2) is 5.96 Å². The minimum absolute atomic E-state index is 0. The number of halogens is 3. The lowest BCUT2D eigenvalue weighted by Crippen LogP contribution is -2.36. The third-order valence-electron chi connectivity index (χ3n) is 4.34. The maximum Gasteiger partial charge on any atom is 0.387 e. The standard InChI is InChI=1S/C22H28F2N4O3.HI/c1-4-10-26-20(29)16-7-5-6-15(11-16)13-27-22(25-2)28-14-17-12-18(30-3)8-9-19(17)31-21(23)24;/h5-9,11-12,21H,4,10,13-14H2,1-3H3,(H,26,29)(H2,25,27,28);1H. The van der Waals surface area contributed by atoms with Gasteiger partial charge in [-0.1, -0.05) is 19.1 Å². The van der Waals surface area contributed by atoms with Gasteiger partial charge in [0.25, 0.3) is 5.91 Å². The van der Waals surface area contributed by atoms with Gasteiger partial charge in [-0.25, -0.2) is 0 Å². The number of rotatable bonds is 10. The molecule has 0 aromatic heterocycles. The average Bonchev–Trinajstić information content (AvgIpc) is 2.78. The van der Waals surface area contributed by atoms with E-state index in [0.717, 1.165) is 12.0 Å². The molecule has 2 aromatic rings. The lowest BCUT2D eigenvalue weighted by atomic mass is 10.1. The number of hydrogen-bond donors (Lipinski definition) is 3. The molecular formula is C22H29F2IN4O3. The van der Waals surface area contributed by atoms with Crippen molar-refractivity contribution < 1.29 is 23.0 Å². The van der Waals surface area contributed by atoms with Crippen molar-refractivity contribution in [2.24, 2.45) is 4.99 Å². The Morgan fingerprint density at radius 2 is 1.84 bits per heavy atom. The van der Waals surface area contributed by atoms with Crippen LogP contribution >= 0.6 is 24.0 Å². The lowest BCUT2D eigenvalue weighted by molar-refractivity contribution is -0.0505. The van der Waals surface area contributed by atoms with Crippen LogP contribution < -0.4 is 25.4 Å². The highest BCUT2D eigenvalue weighted by Crippen LogP contribution is 2.25. The fourth-order valence-corrected chi connectivity index (χ4v) is 2.78. The van der Waals surface area contributed by atoms with E-state index in [1.807, 2.05) is 25.1 Å². The Kier molecular flexibility index (Phi) is 12.4. The second-order valence-electron chi connectivity index (χ2n) is 6.59. The third-order valence-corrected chi connectivity index (χ3v) is 4.34. The normalized spacial score (nSPS) is 10.9. The van der Waals surface area contributed by atoms with Crippen LogP contribution in [0.3, 0.4) is 0 Å². The van der Waals surface area contributed by atoms with Gasteiger partial charge in [-0.05, 0) is 42.3 Å². The van der Waals surface area contributed by atoms with Gasteiger partial charge in [0.05, 0.1) is 7.11 Å². The Balaban J connectivity index is 0.00000512. The molecule has 2 rings (SSSR count). The molecule has 0 aliphatic heterocycles. The van der Waals surface area contributed by atoms with E-state index in [9.17, 15) is 13.6 Å². The number of guanidine groups is 1. The molecule has 7 nitrogen and oxygen atoms in total. The number of hydrogen-bond acceptors (Lipinski definition) is 4. The van der Waals surface area contributed by atoms with E-state index in [1.165, 1.54) is 13.2 Å². The van der Waals surface area contributed by atoms with E-state index in [-0.39, 0.29) is 42.2 Å². The molecule has 3 N–H and O–H groups in total. The van der Waals surface area contributed by atoms with Crippen LogP contribution in [0, 0.1) is 0 Å². The number of ether oxygens (including phenoxy) is 2. The maximum absolute atomic E-state index is 12.7. The minimum Gasteiger partial charge on any atom is -0.497 e. The number of benzene rings is 2. The highest BCUT2D eigenvalue weighted by molar-refractivity contribution is 14.0. The van der Waals surface area contributed by atoms with Crippen molar-refractivity contribution in [1.29, 1.82) is 0 Å². The fourth-order valence-electron chi connectivity index (χ4n) is 2.78. The second-order valence-corrected chi connectivity index (χ2v) is 6.59. The quantitative estimate of drug-likeness (QED) is 0.232. The van der Waals surface area contributed by atoms with E-state index >= 15 is 0 Å². The molecule has 32 heavy (non-hydrogen) atoms. The molecule has 0 fully saturated rings. The van der Waals surface area contributed by atoms with Gasteiger partial charge in [0, 0.05) is 37.8 Å². The minimum atomic E-state index is -2.92. The molecule has 0 atom stereocenters. The first-order valence-electron chi connectivity index (χ1n) is 9.90. The third kappa shape index (κ3) is 8.85. The van der Waals surface area contributed by atoms with Crippen LogP contribution in [-0.2, 0) is 13.1 Å². The molecule has 0 aliphatic carbocycles. The smallest absolute Gasteiger partial charge is 0.387 e. The van der Waals surface area contributed by atoms with Crippen LogP contribution in [0.5, 0.6) is 11.5 Å². The summed E-state index contributed by atoms with van der Waals surface area (Å²) in [4.78, 5) is 16.3. The van der Waals surface area contributed by atoms with Crippen molar-refractivity contribution in [2.45, 2.75) is 33.0 Å². The molecule has 0 saturated carbocycles. The number of nitrogens with zero attached hydrogens (tertiary/aromatic N) is 1. The summed E-state index contributed by atoms with van der Waals surface area (Å²) in [5.74, 6) is 0.937. The summed E-state index contributed by atoms with van der Waals surface area (Å²) < 4.78 is 35.1. The summed E-state index contributed by atoms with van der Waals surface area (Å²) in [5, 5.41) is 9.05. The summed E-state index contributed by atoms with van der Waals surface area (Å²) in [5.41, 5.74) is 1.98. The van der Waals surface area contributed by atoms with Gasteiger partial charge in [0.1, 0.15) is 11.5 Å². The van der Waals surface area contributed by atoms with Crippen molar-refractivity contribution in [3.8, 4) is 11.5 Å². The van der Waals surface area contributed by atoms with Crippen LogP contribution in [-0.4, -0.2) is 39.2 Å². The van der Waals surface area contributed by atoms with Gasteiger partial charge >= 0.3 is 6.61 Å². The predicted octanol–water partition coefficient (Wildman–Crippen LogP) is 3.92. The van der Waals surface area contributed by atoms with Crippen LogP contribution in [0.1, 0.15) is 34.8 Å². The maximum atomic E-state index is 12.7. The Bertz CT molecular complexity index is 897. The summed E-state index contributed by atoms with van der Waals surface area (Å²) in [7, 11) is 3.10. The van der Waals surface area contributed by atoms with Gasteiger partial charge in [-0.15, -0.1) is 24.0 Å². The summed E-state index contributed by atoms with van der Waals surface area (Å²) in [6.07, 6.45) is 0.867. The molecule has 176 valence electrons.